The number of hydrogen-bond acceptors (Lipinski definition) is 4. The summed E-state index contributed by atoms with van der Waals surface area (Å²) in [5.41, 5.74) is 2.79. The smallest absolute Gasteiger partial charge is 0.338 e. The van der Waals surface area contributed by atoms with Crippen LogP contribution in [-0.4, -0.2) is 19.7 Å². The van der Waals surface area contributed by atoms with Crippen LogP contribution in [0.1, 0.15) is 34.3 Å². The van der Waals surface area contributed by atoms with E-state index in [1.807, 2.05) is 25.1 Å². The maximum Gasteiger partial charge on any atom is 0.338 e. The minimum atomic E-state index is -0.297. The van der Waals surface area contributed by atoms with Gasteiger partial charge in [-0.25, -0.2) is 10.7 Å². The van der Waals surface area contributed by atoms with E-state index in [0.717, 1.165) is 18.4 Å². The number of rotatable bonds is 4. The van der Waals surface area contributed by atoms with Gasteiger partial charge in [-0.05, 0) is 37.0 Å². The fourth-order valence-electron chi connectivity index (χ4n) is 2.16. The number of aryl methyl sites for hydroxylation is 1. The molecule has 1 aromatic carbocycles. The van der Waals surface area contributed by atoms with Crippen LogP contribution in [-0.2, 0) is 15.0 Å². The van der Waals surface area contributed by atoms with Crippen LogP contribution in [0.25, 0.3) is 0 Å². The third-order valence-electron chi connectivity index (χ3n) is 3.46. The van der Waals surface area contributed by atoms with Crippen LogP contribution in [0.15, 0.2) is 18.2 Å². The van der Waals surface area contributed by atoms with Gasteiger partial charge in [-0.2, -0.15) is 0 Å². The maximum atomic E-state index is 11.5. The molecule has 0 spiro atoms. The van der Waals surface area contributed by atoms with E-state index in [0.29, 0.717) is 12.2 Å². The van der Waals surface area contributed by atoms with Gasteiger partial charge in [-0.3, -0.25) is 0 Å². The van der Waals surface area contributed by atoms with Gasteiger partial charge in [-0.15, -0.1) is 0 Å². The average molecular weight is 235 g/mol. The predicted octanol–water partition coefficient (Wildman–Crippen LogP) is 1.70. The lowest BCUT2D eigenvalue weighted by Gasteiger charge is -2.15. The van der Waals surface area contributed by atoms with Crippen LogP contribution in [0.5, 0.6) is 0 Å². The molecule has 0 saturated heterocycles. The van der Waals surface area contributed by atoms with Crippen molar-refractivity contribution in [1.82, 2.24) is 0 Å². The van der Waals surface area contributed by atoms with Gasteiger partial charge >= 0.3 is 5.97 Å². The molecule has 0 atom stereocenters. The Hall–Kier alpha value is -1.39. The van der Waals surface area contributed by atoms with Crippen molar-refractivity contribution in [2.24, 2.45) is 5.90 Å². The molecule has 1 aliphatic carbocycles. The normalized spacial score (nSPS) is 16.6. The molecule has 4 heteroatoms. The second-order valence-electron chi connectivity index (χ2n) is 4.61. The topological polar surface area (TPSA) is 61.5 Å². The zero-order valence-electron chi connectivity index (χ0n) is 10.2. The van der Waals surface area contributed by atoms with E-state index >= 15 is 0 Å². The van der Waals surface area contributed by atoms with Crippen molar-refractivity contribution in [3.63, 3.8) is 0 Å². The van der Waals surface area contributed by atoms with E-state index in [-0.39, 0.29) is 11.4 Å². The molecule has 0 heterocycles. The van der Waals surface area contributed by atoms with Crippen LogP contribution in [0.3, 0.4) is 0 Å². The molecule has 0 aromatic heterocycles. The summed E-state index contributed by atoms with van der Waals surface area (Å²) in [6.45, 7) is 2.44. The zero-order chi connectivity index (χ0) is 12.5. The van der Waals surface area contributed by atoms with Gasteiger partial charge in [0.15, 0.2) is 0 Å². The Bertz CT molecular complexity index is 438. The lowest BCUT2D eigenvalue weighted by molar-refractivity contribution is 0.0600. The molecular weight excluding hydrogens is 218 g/mol. The summed E-state index contributed by atoms with van der Waals surface area (Å²) >= 11 is 0. The third kappa shape index (κ3) is 2.18. The molecule has 0 bridgehead atoms. The first-order chi connectivity index (χ1) is 8.13. The Balaban J connectivity index is 2.28. The summed E-state index contributed by atoms with van der Waals surface area (Å²) < 4.78 is 4.72. The van der Waals surface area contributed by atoms with E-state index in [1.165, 1.54) is 12.7 Å². The molecule has 1 aromatic rings. The lowest BCUT2D eigenvalue weighted by Crippen LogP contribution is -2.18. The van der Waals surface area contributed by atoms with Crippen molar-refractivity contribution in [3.05, 3.63) is 34.9 Å². The molecule has 92 valence electrons. The summed E-state index contributed by atoms with van der Waals surface area (Å²) in [4.78, 5) is 16.2. The standard InChI is InChI=1S/C13H17NO3/c1-9-7-10(13(5-6-13)8-17-14)3-4-11(9)12(15)16-2/h3-4,7H,5-6,8,14H2,1-2H3. The number of benzene rings is 1. The molecule has 1 saturated carbocycles. The molecule has 0 amide bonds. The second-order valence-corrected chi connectivity index (χ2v) is 4.61. The maximum absolute atomic E-state index is 11.5. The van der Waals surface area contributed by atoms with Crippen LogP contribution in [0, 0.1) is 6.92 Å². The fourth-order valence-corrected chi connectivity index (χ4v) is 2.16. The van der Waals surface area contributed by atoms with Crippen molar-refractivity contribution >= 4 is 5.97 Å². The first-order valence-electron chi connectivity index (χ1n) is 5.64. The Morgan fingerprint density at radius 3 is 2.65 bits per heavy atom. The van der Waals surface area contributed by atoms with Gasteiger partial charge in [0, 0.05) is 5.41 Å². The minimum absolute atomic E-state index is 0.0637. The summed E-state index contributed by atoms with van der Waals surface area (Å²) in [5.74, 6) is 4.86. The monoisotopic (exact) mass is 235 g/mol. The number of methoxy groups -OCH3 is 1. The Morgan fingerprint density at radius 1 is 1.47 bits per heavy atom. The molecule has 1 fully saturated rings. The molecule has 2 N–H and O–H groups in total. The molecule has 0 radical (unpaired) electrons. The second kappa shape index (κ2) is 4.47. The third-order valence-corrected chi connectivity index (χ3v) is 3.46. The Kier molecular flexibility index (Phi) is 3.17. The lowest BCUT2D eigenvalue weighted by atomic mass is 9.93. The van der Waals surface area contributed by atoms with Gasteiger partial charge in [0.2, 0.25) is 0 Å². The van der Waals surface area contributed by atoms with Crippen molar-refractivity contribution < 1.29 is 14.4 Å². The highest BCUT2D eigenvalue weighted by Crippen LogP contribution is 2.48. The number of carbonyl (C=O) groups excluding carboxylic acids is 1. The molecule has 4 nitrogen and oxygen atoms in total. The minimum Gasteiger partial charge on any atom is -0.465 e. The van der Waals surface area contributed by atoms with Crippen LogP contribution in [0.4, 0.5) is 0 Å². The number of ether oxygens (including phenoxy) is 1. The molecule has 0 aliphatic heterocycles. The largest absolute Gasteiger partial charge is 0.465 e. The number of hydrogen-bond donors (Lipinski definition) is 1. The highest BCUT2D eigenvalue weighted by atomic mass is 16.6. The van der Waals surface area contributed by atoms with Crippen molar-refractivity contribution in [3.8, 4) is 0 Å². The van der Waals surface area contributed by atoms with Crippen molar-refractivity contribution in [2.45, 2.75) is 25.2 Å². The summed E-state index contributed by atoms with van der Waals surface area (Å²) in [5, 5.41) is 0. The van der Waals surface area contributed by atoms with Crippen LogP contribution in [0.2, 0.25) is 0 Å². The molecule has 2 rings (SSSR count). The van der Waals surface area contributed by atoms with E-state index in [4.69, 9.17) is 15.5 Å². The van der Waals surface area contributed by atoms with E-state index in [9.17, 15) is 4.79 Å². The van der Waals surface area contributed by atoms with Gasteiger partial charge < -0.3 is 9.57 Å². The zero-order valence-corrected chi connectivity index (χ0v) is 10.2. The van der Waals surface area contributed by atoms with Gasteiger partial charge in [0.1, 0.15) is 0 Å². The van der Waals surface area contributed by atoms with E-state index in [1.54, 1.807) is 0 Å². The molecular formula is C13H17NO3. The molecule has 0 unspecified atom stereocenters. The quantitative estimate of drug-likeness (QED) is 0.637. The van der Waals surface area contributed by atoms with E-state index < -0.39 is 0 Å². The van der Waals surface area contributed by atoms with Crippen molar-refractivity contribution in [1.29, 1.82) is 0 Å². The molecule has 17 heavy (non-hydrogen) atoms. The van der Waals surface area contributed by atoms with Gasteiger partial charge in [-0.1, -0.05) is 12.1 Å². The van der Waals surface area contributed by atoms with Crippen LogP contribution >= 0.6 is 0 Å². The first kappa shape index (κ1) is 12.1. The summed E-state index contributed by atoms with van der Waals surface area (Å²) in [6, 6.07) is 5.80. The highest BCUT2D eigenvalue weighted by Gasteiger charge is 2.44. The summed E-state index contributed by atoms with van der Waals surface area (Å²) in [6.07, 6.45) is 2.17. The van der Waals surface area contributed by atoms with Crippen molar-refractivity contribution in [2.75, 3.05) is 13.7 Å². The van der Waals surface area contributed by atoms with Crippen LogP contribution < -0.4 is 5.90 Å². The number of nitrogens with two attached hydrogens (primary N) is 1. The fraction of sp³-hybridized carbons (Fsp3) is 0.462. The summed E-state index contributed by atoms with van der Waals surface area (Å²) in [7, 11) is 1.39. The SMILES string of the molecule is COC(=O)c1ccc(C2(CON)CC2)cc1C. The number of carbonyl (C=O) groups is 1. The average Bonchev–Trinajstić information content (AvgIpc) is 3.09. The highest BCUT2D eigenvalue weighted by molar-refractivity contribution is 5.91. The van der Waals surface area contributed by atoms with Gasteiger partial charge in [0.25, 0.3) is 0 Å². The number of esters is 1. The molecule has 1 aliphatic rings. The Labute approximate surface area is 101 Å². The predicted molar refractivity (Wildman–Crippen MR) is 63.6 cm³/mol. The Morgan fingerprint density at radius 2 is 2.18 bits per heavy atom. The van der Waals surface area contributed by atoms with Gasteiger partial charge in [0.05, 0.1) is 19.3 Å². The first-order valence-corrected chi connectivity index (χ1v) is 5.64. The van der Waals surface area contributed by atoms with E-state index in [2.05, 4.69) is 0 Å².